The molecule has 0 spiro atoms. The van der Waals surface area contributed by atoms with E-state index in [4.69, 9.17) is 0 Å². The van der Waals surface area contributed by atoms with E-state index in [1.165, 1.54) is 0 Å². The van der Waals surface area contributed by atoms with Gasteiger partial charge in [0.1, 0.15) is 13.2 Å². The maximum atomic E-state index is 10.9. The van der Waals surface area contributed by atoms with Crippen LogP contribution in [-0.2, 0) is 13.6 Å². The van der Waals surface area contributed by atoms with Crippen LogP contribution in [0.3, 0.4) is 0 Å². The number of phosphoric acid groups is 1. The maximum absolute atomic E-state index is 10.9. The number of hydrogen-bond acceptors (Lipinski definition) is 4. The van der Waals surface area contributed by atoms with Crippen LogP contribution in [0.4, 0.5) is 0 Å². The Labute approximate surface area is 92.2 Å². The first-order valence-electron chi connectivity index (χ1n) is 4.86. The molecule has 0 aliphatic carbocycles. The monoisotopic (exact) mass is 239 g/mol. The summed E-state index contributed by atoms with van der Waals surface area (Å²) in [5.41, 5.74) is 0.0449. The lowest BCUT2D eigenvalue weighted by molar-refractivity contribution is -0.935. The lowest BCUT2D eigenvalue weighted by Crippen LogP contribution is -2.55. The van der Waals surface area contributed by atoms with Crippen LogP contribution >= 0.6 is 7.82 Å². The molecule has 6 heteroatoms. The van der Waals surface area contributed by atoms with Crippen molar-refractivity contribution >= 4 is 7.82 Å². The summed E-state index contributed by atoms with van der Waals surface area (Å²) in [6, 6.07) is 0. The van der Waals surface area contributed by atoms with Crippen molar-refractivity contribution in [3.05, 3.63) is 0 Å². The van der Waals surface area contributed by atoms with E-state index < -0.39 is 7.82 Å². The zero-order valence-corrected chi connectivity index (χ0v) is 11.3. The highest BCUT2D eigenvalue weighted by atomic mass is 31.2. The second-order valence-corrected chi connectivity index (χ2v) is 6.56. The highest BCUT2D eigenvalue weighted by Gasteiger charge is 2.31. The number of hydrogen-bond donors (Lipinski definition) is 0. The van der Waals surface area contributed by atoms with E-state index in [-0.39, 0.29) is 12.1 Å². The minimum absolute atomic E-state index is 0.0449. The van der Waals surface area contributed by atoms with Gasteiger partial charge in [0.2, 0.25) is 0 Å². The zero-order valence-electron chi connectivity index (χ0n) is 10.4. The molecular formula is C9H22NO4P. The Hall–Kier alpha value is 0.0700. The van der Waals surface area contributed by atoms with Gasteiger partial charge in [-0.05, 0) is 20.8 Å². The molecule has 0 bridgehead atoms. The van der Waals surface area contributed by atoms with Gasteiger partial charge in [0.25, 0.3) is 7.82 Å². The second kappa shape index (κ2) is 4.93. The Morgan fingerprint density at radius 1 is 1.33 bits per heavy atom. The molecule has 0 aliphatic heterocycles. The molecule has 0 fully saturated rings. The van der Waals surface area contributed by atoms with Gasteiger partial charge in [0.15, 0.2) is 0 Å². The number of rotatable bonds is 5. The Balaban J connectivity index is 4.13. The fourth-order valence-electron chi connectivity index (χ4n) is 0.769. The molecule has 1 unspecified atom stereocenters. The van der Waals surface area contributed by atoms with Crippen molar-refractivity contribution in [2.24, 2.45) is 0 Å². The molecule has 15 heavy (non-hydrogen) atoms. The van der Waals surface area contributed by atoms with E-state index in [0.29, 0.717) is 11.0 Å². The van der Waals surface area contributed by atoms with Crippen molar-refractivity contribution in [1.82, 2.24) is 0 Å². The van der Waals surface area contributed by atoms with Gasteiger partial charge in [-0.15, -0.1) is 0 Å². The molecule has 1 atom stereocenters. The first-order valence-corrected chi connectivity index (χ1v) is 6.32. The van der Waals surface area contributed by atoms with E-state index >= 15 is 0 Å². The average molecular weight is 239 g/mol. The normalized spacial score (nSPS) is 17.5. The number of quaternary nitrogens is 1. The van der Waals surface area contributed by atoms with Gasteiger partial charge in [0.05, 0.1) is 19.6 Å². The first kappa shape index (κ1) is 15.1. The standard InChI is InChI=1S/C9H22NO4P/c1-9(2,3)10(4,5)7-8-14-15(11,12)13-6/h7-8H2,1-6H3. The van der Waals surface area contributed by atoms with Crippen molar-refractivity contribution in [3.8, 4) is 0 Å². The molecule has 0 saturated heterocycles. The summed E-state index contributed by atoms with van der Waals surface area (Å²) in [5.74, 6) is 0. The van der Waals surface area contributed by atoms with Crippen LogP contribution in [0.15, 0.2) is 0 Å². The third-order valence-electron chi connectivity index (χ3n) is 2.94. The summed E-state index contributed by atoms with van der Waals surface area (Å²) >= 11 is 0. The summed E-state index contributed by atoms with van der Waals surface area (Å²) in [5, 5.41) is 0. The third-order valence-corrected chi connectivity index (χ3v) is 3.89. The largest absolute Gasteiger partial charge is 0.756 e. The number of likely N-dealkylation sites (N-methyl/N-ethyl adjacent to an activating group) is 1. The molecule has 0 aromatic carbocycles. The Kier molecular flexibility index (Phi) is 4.96. The van der Waals surface area contributed by atoms with E-state index in [1.807, 2.05) is 14.1 Å². The molecule has 0 amide bonds. The number of nitrogens with zero attached hydrogens (tertiary/aromatic N) is 1. The topological polar surface area (TPSA) is 58.6 Å². The first-order chi connectivity index (χ1) is 6.52. The van der Waals surface area contributed by atoms with Gasteiger partial charge < -0.3 is 18.4 Å². The predicted molar refractivity (Wildman–Crippen MR) is 57.3 cm³/mol. The molecule has 0 saturated carbocycles. The second-order valence-electron chi connectivity index (χ2n) is 5.04. The third kappa shape index (κ3) is 5.09. The summed E-state index contributed by atoms with van der Waals surface area (Å²) in [6.45, 7) is 7.04. The molecule has 0 rings (SSSR count). The SMILES string of the molecule is COP(=O)([O-])OCC[N+](C)(C)C(C)(C)C. The molecule has 92 valence electrons. The van der Waals surface area contributed by atoms with Gasteiger partial charge in [-0.1, -0.05) is 0 Å². The molecule has 0 heterocycles. The molecule has 0 N–H and O–H groups in total. The fraction of sp³-hybridized carbons (Fsp3) is 1.00. The van der Waals surface area contributed by atoms with Gasteiger partial charge in [-0.2, -0.15) is 0 Å². The van der Waals surface area contributed by atoms with Crippen LogP contribution in [0, 0.1) is 0 Å². The van der Waals surface area contributed by atoms with E-state index in [2.05, 4.69) is 29.8 Å². The van der Waals surface area contributed by atoms with Crippen LogP contribution in [0.25, 0.3) is 0 Å². The molecule has 0 aromatic heterocycles. The van der Waals surface area contributed by atoms with Gasteiger partial charge in [0, 0.05) is 7.11 Å². The summed E-state index contributed by atoms with van der Waals surface area (Å²) in [4.78, 5) is 10.9. The summed E-state index contributed by atoms with van der Waals surface area (Å²) < 4.78 is 20.5. The Morgan fingerprint density at radius 2 is 1.80 bits per heavy atom. The zero-order chi connectivity index (χ0) is 12.3. The van der Waals surface area contributed by atoms with Crippen molar-refractivity contribution in [3.63, 3.8) is 0 Å². The average Bonchev–Trinajstić information content (AvgIpc) is 2.01. The smallest absolute Gasteiger partial charge is 0.267 e. The predicted octanol–water partition coefficient (Wildman–Crippen LogP) is 0.993. The van der Waals surface area contributed by atoms with Crippen molar-refractivity contribution in [2.75, 3.05) is 34.4 Å². The summed E-state index contributed by atoms with van der Waals surface area (Å²) in [7, 11) is 1.09. The summed E-state index contributed by atoms with van der Waals surface area (Å²) in [6.07, 6.45) is 0. The molecule has 5 nitrogen and oxygen atoms in total. The quantitative estimate of drug-likeness (QED) is 0.530. The maximum Gasteiger partial charge on any atom is 0.267 e. The molecular weight excluding hydrogens is 217 g/mol. The van der Waals surface area contributed by atoms with Gasteiger partial charge in [-0.25, -0.2) is 0 Å². The lowest BCUT2D eigenvalue weighted by Gasteiger charge is -2.42. The minimum atomic E-state index is -4.07. The van der Waals surface area contributed by atoms with Crippen LogP contribution < -0.4 is 4.89 Å². The lowest BCUT2D eigenvalue weighted by atomic mass is 10.0. The number of phosphoric ester groups is 1. The highest BCUT2D eigenvalue weighted by Crippen LogP contribution is 2.36. The molecule has 0 aromatic rings. The minimum Gasteiger partial charge on any atom is -0.756 e. The van der Waals surface area contributed by atoms with E-state index in [1.54, 1.807) is 0 Å². The van der Waals surface area contributed by atoms with Gasteiger partial charge in [-0.3, -0.25) is 4.57 Å². The van der Waals surface area contributed by atoms with Crippen LogP contribution in [-0.4, -0.2) is 44.4 Å². The molecule has 0 aliphatic rings. The van der Waals surface area contributed by atoms with Crippen LogP contribution in [0.5, 0.6) is 0 Å². The van der Waals surface area contributed by atoms with Gasteiger partial charge >= 0.3 is 0 Å². The van der Waals surface area contributed by atoms with Crippen LogP contribution in [0.2, 0.25) is 0 Å². The van der Waals surface area contributed by atoms with E-state index in [9.17, 15) is 9.46 Å². The Bertz CT molecular complexity index is 247. The van der Waals surface area contributed by atoms with Crippen molar-refractivity contribution < 1.29 is 23.0 Å². The van der Waals surface area contributed by atoms with Crippen molar-refractivity contribution in [2.45, 2.75) is 26.3 Å². The fourth-order valence-corrected chi connectivity index (χ4v) is 1.18. The van der Waals surface area contributed by atoms with Crippen LogP contribution in [0.1, 0.15) is 20.8 Å². The molecule has 0 radical (unpaired) electrons. The van der Waals surface area contributed by atoms with E-state index in [0.717, 1.165) is 7.11 Å². The Morgan fingerprint density at radius 3 is 2.13 bits per heavy atom. The van der Waals surface area contributed by atoms with Crippen molar-refractivity contribution in [1.29, 1.82) is 0 Å². The highest BCUT2D eigenvalue weighted by molar-refractivity contribution is 7.45.